The number of imidazole rings is 1. The molecule has 22 heavy (non-hydrogen) atoms. The minimum atomic E-state index is -1.34. The number of ether oxygens (including phenoxy) is 1. The molecule has 2 aromatic heterocycles. The van der Waals surface area contributed by atoms with Crippen LogP contribution in [0.5, 0.6) is 0 Å². The van der Waals surface area contributed by atoms with Crippen molar-refractivity contribution in [2.75, 3.05) is 5.73 Å². The molecule has 2 aromatic rings. The van der Waals surface area contributed by atoms with Gasteiger partial charge in [-0.15, -0.1) is 0 Å². The van der Waals surface area contributed by atoms with Crippen LogP contribution in [-0.2, 0) is 16.1 Å². The first kappa shape index (κ1) is 14.7. The Balaban J connectivity index is 1.66. The molecule has 3 atom stereocenters. The molecule has 4 N–H and O–H groups in total. The van der Waals surface area contributed by atoms with Crippen molar-refractivity contribution in [2.45, 2.75) is 44.1 Å². The summed E-state index contributed by atoms with van der Waals surface area (Å²) in [5, 5.41) is 19.4. The fourth-order valence-corrected chi connectivity index (χ4v) is 2.56. The normalized spacial score (nSPS) is 22.8. The molecule has 2 heterocycles. The first-order chi connectivity index (χ1) is 10.5. The maximum Gasteiger partial charge on any atom is 0.337 e. The quantitative estimate of drug-likeness (QED) is 0.626. The largest absolute Gasteiger partial charge is 0.460 e. The Kier molecular flexibility index (Phi) is 3.90. The van der Waals surface area contributed by atoms with Gasteiger partial charge in [0, 0.05) is 6.42 Å². The van der Waals surface area contributed by atoms with E-state index in [1.165, 1.54) is 17.2 Å². The minimum Gasteiger partial charge on any atom is -0.460 e. The summed E-state index contributed by atoms with van der Waals surface area (Å²) in [6.45, 7) is -0.0406. The van der Waals surface area contributed by atoms with E-state index in [0.29, 0.717) is 30.4 Å². The standard InChI is InChI=1S/C13H17N5O4/c14-11-10-12(16-5-15-11)18(6-17-10)4-9(20)13(21)22-8-2-1-7(19)3-8/h5-9,19-20H,1-4H2,(H2,14,15,16)/t7-,8?,9+/m0/s1. The van der Waals surface area contributed by atoms with Crippen LogP contribution >= 0.6 is 0 Å². The number of rotatable bonds is 4. The number of nitrogens with two attached hydrogens (primary N) is 1. The van der Waals surface area contributed by atoms with E-state index in [1.807, 2.05) is 0 Å². The molecule has 1 saturated carbocycles. The van der Waals surface area contributed by atoms with Gasteiger partial charge in [-0.05, 0) is 12.8 Å². The van der Waals surface area contributed by atoms with Gasteiger partial charge in [0.2, 0.25) is 0 Å². The first-order valence-corrected chi connectivity index (χ1v) is 7.02. The predicted molar refractivity (Wildman–Crippen MR) is 75.5 cm³/mol. The zero-order valence-electron chi connectivity index (χ0n) is 11.8. The maximum absolute atomic E-state index is 11.9. The predicted octanol–water partition coefficient (Wildman–Crippen LogP) is -0.774. The van der Waals surface area contributed by atoms with Gasteiger partial charge in [0.05, 0.1) is 19.0 Å². The monoisotopic (exact) mass is 307 g/mol. The second kappa shape index (κ2) is 5.85. The van der Waals surface area contributed by atoms with Crippen LogP contribution in [0.2, 0.25) is 0 Å². The van der Waals surface area contributed by atoms with Crippen molar-refractivity contribution < 1.29 is 19.7 Å². The van der Waals surface area contributed by atoms with Crippen LogP contribution in [-0.4, -0.2) is 54.0 Å². The fraction of sp³-hybridized carbons (Fsp3) is 0.538. The second-order valence-corrected chi connectivity index (χ2v) is 5.37. The van der Waals surface area contributed by atoms with Crippen LogP contribution in [0.25, 0.3) is 11.2 Å². The summed E-state index contributed by atoms with van der Waals surface area (Å²) < 4.78 is 6.70. The third-order valence-electron chi connectivity index (χ3n) is 3.71. The number of aliphatic hydroxyl groups is 2. The Hall–Kier alpha value is -2.26. The second-order valence-electron chi connectivity index (χ2n) is 5.37. The molecule has 9 nitrogen and oxygen atoms in total. The number of anilines is 1. The number of carbonyl (C=O) groups excluding carboxylic acids is 1. The van der Waals surface area contributed by atoms with Crippen LogP contribution in [0.4, 0.5) is 5.82 Å². The molecular weight excluding hydrogens is 290 g/mol. The van der Waals surface area contributed by atoms with E-state index in [4.69, 9.17) is 10.5 Å². The molecule has 0 spiro atoms. The lowest BCUT2D eigenvalue weighted by atomic mass is 10.3. The Morgan fingerprint density at radius 2 is 2.27 bits per heavy atom. The SMILES string of the molecule is Nc1ncnc2c1ncn2C[C@@H](O)C(=O)OC1CC[C@H](O)C1. The van der Waals surface area contributed by atoms with E-state index in [9.17, 15) is 15.0 Å². The summed E-state index contributed by atoms with van der Waals surface area (Å²) >= 11 is 0. The van der Waals surface area contributed by atoms with Gasteiger partial charge in [0.15, 0.2) is 17.6 Å². The van der Waals surface area contributed by atoms with E-state index < -0.39 is 18.2 Å². The Morgan fingerprint density at radius 1 is 1.45 bits per heavy atom. The first-order valence-electron chi connectivity index (χ1n) is 7.02. The molecule has 0 aliphatic heterocycles. The molecule has 1 unspecified atom stereocenters. The average molecular weight is 307 g/mol. The van der Waals surface area contributed by atoms with Crippen LogP contribution in [0, 0.1) is 0 Å². The van der Waals surface area contributed by atoms with E-state index in [0.717, 1.165) is 0 Å². The van der Waals surface area contributed by atoms with Gasteiger partial charge in [-0.3, -0.25) is 0 Å². The average Bonchev–Trinajstić information content (AvgIpc) is 3.07. The number of nitrogen functional groups attached to an aromatic ring is 1. The van der Waals surface area contributed by atoms with Crippen molar-refractivity contribution >= 4 is 23.0 Å². The minimum absolute atomic E-state index is 0.0406. The Labute approximate surface area is 125 Å². The fourth-order valence-electron chi connectivity index (χ4n) is 2.56. The summed E-state index contributed by atoms with van der Waals surface area (Å²) in [7, 11) is 0. The molecule has 3 rings (SSSR count). The number of aromatic nitrogens is 4. The van der Waals surface area contributed by atoms with E-state index in [-0.39, 0.29) is 18.5 Å². The highest BCUT2D eigenvalue weighted by Crippen LogP contribution is 2.22. The van der Waals surface area contributed by atoms with Crippen LogP contribution in [0.1, 0.15) is 19.3 Å². The maximum atomic E-state index is 11.9. The van der Waals surface area contributed by atoms with Crippen molar-refractivity contribution in [1.82, 2.24) is 19.5 Å². The van der Waals surface area contributed by atoms with Crippen molar-refractivity contribution in [3.8, 4) is 0 Å². The summed E-state index contributed by atoms with van der Waals surface area (Å²) in [5.41, 5.74) is 6.54. The van der Waals surface area contributed by atoms with Crippen molar-refractivity contribution in [3.05, 3.63) is 12.7 Å². The van der Waals surface area contributed by atoms with Gasteiger partial charge in [0.1, 0.15) is 17.9 Å². The van der Waals surface area contributed by atoms with Crippen molar-refractivity contribution in [2.24, 2.45) is 0 Å². The van der Waals surface area contributed by atoms with Crippen molar-refractivity contribution in [1.29, 1.82) is 0 Å². The van der Waals surface area contributed by atoms with Crippen LogP contribution in [0.3, 0.4) is 0 Å². The summed E-state index contributed by atoms with van der Waals surface area (Å²) in [4.78, 5) is 23.8. The third kappa shape index (κ3) is 2.85. The zero-order valence-corrected chi connectivity index (χ0v) is 11.8. The number of hydrogen-bond donors (Lipinski definition) is 3. The Morgan fingerprint density at radius 3 is 3.00 bits per heavy atom. The lowest BCUT2D eigenvalue weighted by Gasteiger charge is -2.15. The summed E-state index contributed by atoms with van der Waals surface area (Å²) in [6.07, 6.45) is 2.24. The highest BCUT2D eigenvalue weighted by molar-refractivity contribution is 5.81. The molecule has 1 fully saturated rings. The van der Waals surface area contributed by atoms with E-state index in [1.54, 1.807) is 0 Å². The topological polar surface area (TPSA) is 136 Å². The molecule has 9 heteroatoms. The highest BCUT2D eigenvalue weighted by Gasteiger charge is 2.28. The molecular formula is C13H17N5O4. The molecule has 1 aliphatic carbocycles. The third-order valence-corrected chi connectivity index (χ3v) is 3.71. The Bertz CT molecular complexity index is 688. The van der Waals surface area contributed by atoms with E-state index in [2.05, 4.69) is 15.0 Å². The number of aliphatic hydroxyl groups excluding tert-OH is 2. The molecule has 0 saturated heterocycles. The van der Waals surface area contributed by atoms with Gasteiger partial charge in [-0.2, -0.15) is 0 Å². The van der Waals surface area contributed by atoms with Gasteiger partial charge < -0.3 is 25.3 Å². The van der Waals surface area contributed by atoms with Gasteiger partial charge >= 0.3 is 5.97 Å². The number of esters is 1. The van der Waals surface area contributed by atoms with Gasteiger partial charge in [0.25, 0.3) is 0 Å². The number of fused-ring (bicyclic) bond motifs is 1. The number of nitrogens with zero attached hydrogens (tertiary/aromatic N) is 4. The molecule has 118 valence electrons. The molecule has 0 radical (unpaired) electrons. The summed E-state index contributed by atoms with van der Waals surface area (Å²) in [5.74, 6) is -0.483. The summed E-state index contributed by atoms with van der Waals surface area (Å²) in [6, 6.07) is 0. The highest BCUT2D eigenvalue weighted by atomic mass is 16.6. The number of hydrogen-bond acceptors (Lipinski definition) is 8. The molecule has 0 bridgehead atoms. The smallest absolute Gasteiger partial charge is 0.337 e. The number of carbonyl (C=O) groups is 1. The van der Waals surface area contributed by atoms with Gasteiger partial charge in [-0.25, -0.2) is 19.7 Å². The van der Waals surface area contributed by atoms with Crippen LogP contribution < -0.4 is 5.73 Å². The molecule has 0 amide bonds. The van der Waals surface area contributed by atoms with Crippen LogP contribution in [0.15, 0.2) is 12.7 Å². The zero-order chi connectivity index (χ0) is 15.7. The van der Waals surface area contributed by atoms with E-state index >= 15 is 0 Å². The van der Waals surface area contributed by atoms with Gasteiger partial charge in [-0.1, -0.05) is 0 Å². The molecule has 0 aromatic carbocycles. The lowest BCUT2D eigenvalue weighted by Crippen LogP contribution is -2.30. The van der Waals surface area contributed by atoms with Crippen molar-refractivity contribution in [3.63, 3.8) is 0 Å². The lowest BCUT2D eigenvalue weighted by molar-refractivity contribution is -0.159. The molecule has 1 aliphatic rings.